The summed E-state index contributed by atoms with van der Waals surface area (Å²) >= 11 is 0. The van der Waals surface area contributed by atoms with E-state index in [1.165, 1.54) is 12.1 Å². The highest BCUT2D eigenvalue weighted by Crippen LogP contribution is 2.29. The predicted octanol–water partition coefficient (Wildman–Crippen LogP) is 1.93. The lowest BCUT2D eigenvalue weighted by Gasteiger charge is -2.28. The Bertz CT molecular complexity index is 646. The van der Waals surface area contributed by atoms with E-state index in [9.17, 15) is 14.3 Å². The van der Waals surface area contributed by atoms with Gasteiger partial charge in [-0.2, -0.15) is 0 Å². The van der Waals surface area contributed by atoms with E-state index >= 15 is 0 Å². The monoisotopic (exact) mass is 288 g/mol. The van der Waals surface area contributed by atoms with Crippen LogP contribution in [0.3, 0.4) is 0 Å². The van der Waals surface area contributed by atoms with E-state index < -0.39 is 17.2 Å². The van der Waals surface area contributed by atoms with Gasteiger partial charge >= 0.3 is 5.97 Å². The van der Waals surface area contributed by atoms with Crippen LogP contribution in [0, 0.1) is 5.82 Å². The fraction of sp³-hybridized carbons (Fsp3) is 0.188. The number of nitrogen functional groups attached to an aromatic ring is 1. The predicted molar refractivity (Wildman–Crippen MR) is 79.3 cm³/mol. The van der Waals surface area contributed by atoms with Gasteiger partial charge in [0.2, 0.25) is 0 Å². The van der Waals surface area contributed by atoms with Gasteiger partial charge in [-0.05, 0) is 29.7 Å². The van der Waals surface area contributed by atoms with Crippen LogP contribution in [0.5, 0.6) is 0 Å². The lowest BCUT2D eigenvalue weighted by Crippen LogP contribution is -2.45. The molecule has 5 heteroatoms. The van der Waals surface area contributed by atoms with E-state index in [-0.39, 0.29) is 18.7 Å². The van der Waals surface area contributed by atoms with Crippen molar-refractivity contribution in [1.29, 1.82) is 0 Å². The Morgan fingerprint density at radius 1 is 1.19 bits per heavy atom. The van der Waals surface area contributed by atoms with Gasteiger partial charge in [-0.15, -0.1) is 0 Å². The van der Waals surface area contributed by atoms with Crippen molar-refractivity contribution >= 4 is 11.7 Å². The Balaban J connectivity index is 2.46. The van der Waals surface area contributed by atoms with E-state index in [1.807, 2.05) is 0 Å². The zero-order valence-electron chi connectivity index (χ0n) is 11.4. The van der Waals surface area contributed by atoms with E-state index in [0.717, 1.165) is 0 Å². The first-order chi connectivity index (χ1) is 9.99. The number of halogens is 1. The van der Waals surface area contributed by atoms with Gasteiger partial charge in [0.15, 0.2) is 0 Å². The van der Waals surface area contributed by atoms with Crippen LogP contribution in [0.4, 0.5) is 10.1 Å². The molecular weight excluding hydrogens is 271 g/mol. The molecule has 4 nitrogen and oxygen atoms in total. The standard InChI is InChI=1S/C16H17FN2O2/c17-13-8-11(6-7-14(13)19)9-16(10-18,15(20)21)12-4-2-1-3-5-12/h1-8H,9-10,18-19H2,(H,20,21). The summed E-state index contributed by atoms with van der Waals surface area (Å²) in [4.78, 5) is 11.8. The van der Waals surface area contributed by atoms with Crippen molar-refractivity contribution in [2.24, 2.45) is 5.73 Å². The van der Waals surface area contributed by atoms with Gasteiger partial charge in [-0.25, -0.2) is 4.39 Å². The fourth-order valence-electron chi connectivity index (χ4n) is 2.36. The highest BCUT2D eigenvalue weighted by molar-refractivity contribution is 5.82. The summed E-state index contributed by atoms with van der Waals surface area (Å²) in [5.74, 6) is -1.59. The van der Waals surface area contributed by atoms with Gasteiger partial charge in [0.05, 0.1) is 5.69 Å². The van der Waals surface area contributed by atoms with Crippen molar-refractivity contribution in [2.45, 2.75) is 11.8 Å². The van der Waals surface area contributed by atoms with Gasteiger partial charge in [0.1, 0.15) is 11.2 Å². The summed E-state index contributed by atoms with van der Waals surface area (Å²) in [6.07, 6.45) is 0.0973. The van der Waals surface area contributed by atoms with Crippen LogP contribution in [0.15, 0.2) is 48.5 Å². The third-order valence-corrected chi connectivity index (χ3v) is 3.65. The van der Waals surface area contributed by atoms with Gasteiger partial charge in [-0.1, -0.05) is 36.4 Å². The maximum absolute atomic E-state index is 13.6. The molecule has 0 fully saturated rings. The molecule has 0 spiro atoms. The molecule has 2 rings (SSSR count). The number of anilines is 1. The average molecular weight is 288 g/mol. The summed E-state index contributed by atoms with van der Waals surface area (Å²) in [5, 5.41) is 9.66. The summed E-state index contributed by atoms with van der Waals surface area (Å²) in [6, 6.07) is 13.1. The second-order valence-electron chi connectivity index (χ2n) is 4.99. The molecule has 0 bridgehead atoms. The number of carboxylic acids is 1. The molecule has 0 aliphatic carbocycles. The first-order valence-corrected chi connectivity index (χ1v) is 6.52. The molecule has 0 saturated heterocycles. The maximum atomic E-state index is 13.6. The minimum Gasteiger partial charge on any atom is -0.481 e. The molecule has 2 aromatic rings. The molecule has 1 unspecified atom stereocenters. The molecule has 21 heavy (non-hydrogen) atoms. The van der Waals surface area contributed by atoms with Crippen molar-refractivity contribution in [3.05, 3.63) is 65.5 Å². The quantitative estimate of drug-likeness (QED) is 0.733. The van der Waals surface area contributed by atoms with Crippen LogP contribution < -0.4 is 11.5 Å². The molecule has 2 aromatic carbocycles. The third-order valence-electron chi connectivity index (χ3n) is 3.65. The first-order valence-electron chi connectivity index (χ1n) is 6.52. The first kappa shape index (κ1) is 15.0. The number of carboxylic acid groups (broad SMARTS) is 1. The smallest absolute Gasteiger partial charge is 0.315 e. The normalized spacial score (nSPS) is 13.6. The van der Waals surface area contributed by atoms with E-state index in [4.69, 9.17) is 11.5 Å². The van der Waals surface area contributed by atoms with Crippen LogP contribution in [0.25, 0.3) is 0 Å². The fourth-order valence-corrected chi connectivity index (χ4v) is 2.36. The van der Waals surface area contributed by atoms with Crippen LogP contribution in [0.1, 0.15) is 11.1 Å². The lowest BCUT2D eigenvalue weighted by atomic mass is 9.75. The number of rotatable bonds is 5. The van der Waals surface area contributed by atoms with Crippen LogP contribution >= 0.6 is 0 Å². The van der Waals surface area contributed by atoms with Crippen LogP contribution in [-0.4, -0.2) is 17.6 Å². The minimum atomic E-state index is -1.29. The minimum absolute atomic E-state index is 0.0344. The van der Waals surface area contributed by atoms with Crippen molar-refractivity contribution in [2.75, 3.05) is 12.3 Å². The van der Waals surface area contributed by atoms with Crippen molar-refractivity contribution in [3.8, 4) is 0 Å². The van der Waals surface area contributed by atoms with E-state index in [2.05, 4.69) is 0 Å². The van der Waals surface area contributed by atoms with Crippen molar-refractivity contribution in [1.82, 2.24) is 0 Å². The van der Waals surface area contributed by atoms with Crippen LogP contribution in [0.2, 0.25) is 0 Å². The Morgan fingerprint density at radius 2 is 1.86 bits per heavy atom. The number of carbonyl (C=O) groups is 1. The zero-order chi connectivity index (χ0) is 15.5. The largest absolute Gasteiger partial charge is 0.481 e. The number of benzene rings is 2. The van der Waals surface area contributed by atoms with Crippen molar-refractivity contribution < 1.29 is 14.3 Å². The summed E-state index contributed by atoms with van der Waals surface area (Å²) < 4.78 is 13.6. The van der Waals surface area contributed by atoms with Gasteiger partial charge in [0.25, 0.3) is 0 Å². The number of aliphatic carboxylic acids is 1. The Hall–Kier alpha value is -2.40. The number of nitrogens with two attached hydrogens (primary N) is 2. The highest BCUT2D eigenvalue weighted by atomic mass is 19.1. The number of hydrogen-bond donors (Lipinski definition) is 3. The van der Waals surface area contributed by atoms with E-state index in [1.54, 1.807) is 36.4 Å². The Kier molecular flexibility index (Phi) is 4.23. The second kappa shape index (κ2) is 5.93. The second-order valence-corrected chi connectivity index (χ2v) is 4.99. The SMILES string of the molecule is NCC(Cc1ccc(N)c(F)c1)(C(=O)O)c1ccccc1. The summed E-state index contributed by atoms with van der Waals surface area (Å²) in [7, 11) is 0. The van der Waals surface area contributed by atoms with E-state index in [0.29, 0.717) is 11.1 Å². The summed E-state index contributed by atoms with van der Waals surface area (Å²) in [5.41, 5.74) is 11.1. The van der Waals surface area contributed by atoms with Gasteiger partial charge < -0.3 is 16.6 Å². The molecule has 0 aliphatic rings. The molecule has 5 N–H and O–H groups in total. The molecule has 0 aromatic heterocycles. The molecule has 110 valence electrons. The maximum Gasteiger partial charge on any atom is 0.315 e. The van der Waals surface area contributed by atoms with Crippen molar-refractivity contribution in [3.63, 3.8) is 0 Å². The van der Waals surface area contributed by atoms with Gasteiger partial charge in [-0.3, -0.25) is 4.79 Å². The lowest BCUT2D eigenvalue weighted by molar-refractivity contribution is -0.143. The zero-order valence-corrected chi connectivity index (χ0v) is 11.4. The Labute approximate surface area is 122 Å². The molecule has 0 heterocycles. The molecular formula is C16H17FN2O2. The molecule has 0 radical (unpaired) electrons. The summed E-state index contributed by atoms with van der Waals surface area (Å²) in [6.45, 7) is -0.0850. The highest BCUT2D eigenvalue weighted by Gasteiger charge is 2.39. The molecule has 0 aliphatic heterocycles. The third kappa shape index (κ3) is 2.87. The average Bonchev–Trinajstić information content (AvgIpc) is 2.49. The topological polar surface area (TPSA) is 89.3 Å². The van der Waals surface area contributed by atoms with Gasteiger partial charge in [0, 0.05) is 6.54 Å². The Morgan fingerprint density at radius 3 is 2.38 bits per heavy atom. The molecule has 0 amide bonds. The number of hydrogen-bond acceptors (Lipinski definition) is 3. The molecule has 1 atom stereocenters. The van der Waals surface area contributed by atoms with Crippen LogP contribution in [-0.2, 0) is 16.6 Å². The molecule has 0 saturated carbocycles.